The molecule has 1 aliphatic rings. The van der Waals surface area contributed by atoms with Crippen molar-refractivity contribution in [1.82, 2.24) is 15.2 Å². The summed E-state index contributed by atoms with van der Waals surface area (Å²) in [4.78, 5) is 19.4. The Bertz CT molecular complexity index is 733. The molecular weight excluding hydrogens is 320 g/mol. The van der Waals surface area contributed by atoms with Gasteiger partial charge in [0.05, 0.1) is 11.3 Å². The van der Waals surface area contributed by atoms with Gasteiger partial charge in [0, 0.05) is 38.4 Å². The molecule has 0 radical (unpaired) electrons. The van der Waals surface area contributed by atoms with E-state index in [1.165, 1.54) is 12.3 Å². The number of halogens is 1. The summed E-state index contributed by atoms with van der Waals surface area (Å²) in [5.41, 5.74) is 6.84. The molecule has 2 aromatic rings. The van der Waals surface area contributed by atoms with Gasteiger partial charge in [-0.25, -0.2) is 9.78 Å². The molecule has 2 aromatic heterocycles. The summed E-state index contributed by atoms with van der Waals surface area (Å²) in [6.45, 7) is 2.78. The molecule has 8 nitrogen and oxygen atoms in total. The molecule has 23 heavy (non-hydrogen) atoms. The van der Waals surface area contributed by atoms with E-state index >= 15 is 0 Å². The second-order valence-corrected chi connectivity index (χ2v) is 5.51. The summed E-state index contributed by atoms with van der Waals surface area (Å²) >= 11 is 5.88. The predicted molar refractivity (Wildman–Crippen MR) is 87.1 cm³/mol. The van der Waals surface area contributed by atoms with Crippen LogP contribution in [-0.4, -0.2) is 52.4 Å². The van der Waals surface area contributed by atoms with E-state index in [9.17, 15) is 4.79 Å². The van der Waals surface area contributed by atoms with Gasteiger partial charge in [0.1, 0.15) is 5.82 Å². The smallest absolute Gasteiger partial charge is 0.335 e. The number of carboxylic acids is 1. The summed E-state index contributed by atoms with van der Waals surface area (Å²) < 4.78 is 0. The molecule has 1 aliphatic heterocycles. The Kier molecular flexibility index (Phi) is 4.16. The minimum Gasteiger partial charge on any atom is -0.478 e. The first-order valence-electron chi connectivity index (χ1n) is 7.02. The molecular formula is C14H15ClN6O2. The van der Waals surface area contributed by atoms with Crippen LogP contribution in [0.3, 0.4) is 0 Å². The number of rotatable bonds is 3. The maximum Gasteiger partial charge on any atom is 0.335 e. The largest absolute Gasteiger partial charge is 0.478 e. The van der Waals surface area contributed by atoms with Crippen LogP contribution in [0.25, 0.3) is 0 Å². The maximum atomic E-state index is 11.0. The zero-order chi connectivity index (χ0) is 16.4. The van der Waals surface area contributed by atoms with E-state index in [0.29, 0.717) is 43.0 Å². The summed E-state index contributed by atoms with van der Waals surface area (Å²) in [5.74, 6) is 0.0369. The third kappa shape index (κ3) is 3.26. The van der Waals surface area contributed by atoms with Crippen LogP contribution in [-0.2, 0) is 0 Å². The molecule has 3 heterocycles. The first-order chi connectivity index (χ1) is 11.0. The maximum absolute atomic E-state index is 11.0. The Morgan fingerprint density at radius 3 is 2.57 bits per heavy atom. The topological polar surface area (TPSA) is 108 Å². The number of piperazine rings is 1. The fourth-order valence-electron chi connectivity index (χ4n) is 2.52. The molecule has 120 valence electrons. The van der Waals surface area contributed by atoms with Gasteiger partial charge in [-0.3, -0.25) is 0 Å². The zero-order valence-electron chi connectivity index (χ0n) is 12.2. The Hall–Kier alpha value is -2.61. The number of hydrogen-bond donors (Lipinski definition) is 2. The van der Waals surface area contributed by atoms with Crippen molar-refractivity contribution < 1.29 is 9.90 Å². The Morgan fingerprint density at radius 1 is 1.17 bits per heavy atom. The standard InChI is InChI=1S/C14H15ClN6O2/c15-11-8-10(13(16)19-18-11)20-3-5-21(6-4-20)12-7-9(14(22)23)1-2-17-12/h1-2,7-8H,3-6H2,(H2,16,19)(H,22,23). The van der Waals surface area contributed by atoms with E-state index in [-0.39, 0.29) is 5.56 Å². The number of nitrogens with two attached hydrogens (primary N) is 1. The molecule has 0 atom stereocenters. The van der Waals surface area contributed by atoms with Crippen molar-refractivity contribution in [2.24, 2.45) is 0 Å². The summed E-state index contributed by atoms with van der Waals surface area (Å²) in [6.07, 6.45) is 1.51. The van der Waals surface area contributed by atoms with Crippen molar-refractivity contribution >= 4 is 34.9 Å². The van der Waals surface area contributed by atoms with Crippen molar-refractivity contribution in [3.05, 3.63) is 35.1 Å². The Labute approximate surface area is 137 Å². The van der Waals surface area contributed by atoms with Gasteiger partial charge in [0.25, 0.3) is 0 Å². The molecule has 1 fully saturated rings. The molecule has 0 aromatic carbocycles. The predicted octanol–water partition coefficient (Wildman–Crippen LogP) is 1.13. The number of nitrogen functional groups attached to an aromatic ring is 1. The first kappa shape index (κ1) is 15.3. The molecule has 0 spiro atoms. The molecule has 0 unspecified atom stereocenters. The molecule has 1 saturated heterocycles. The molecule has 0 saturated carbocycles. The SMILES string of the molecule is Nc1nnc(Cl)cc1N1CCN(c2cc(C(=O)O)ccn2)CC1. The zero-order valence-corrected chi connectivity index (χ0v) is 12.9. The lowest BCUT2D eigenvalue weighted by Gasteiger charge is -2.36. The minimum absolute atomic E-state index is 0.229. The van der Waals surface area contributed by atoms with Gasteiger partial charge in [-0.05, 0) is 12.1 Å². The lowest BCUT2D eigenvalue weighted by atomic mass is 10.2. The van der Waals surface area contributed by atoms with Crippen molar-refractivity contribution in [3.8, 4) is 0 Å². The van der Waals surface area contributed by atoms with E-state index in [4.69, 9.17) is 22.4 Å². The minimum atomic E-state index is -0.961. The van der Waals surface area contributed by atoms with Gasteiger partial charge in [-0.1, -0.05) is 11.6 Å². The van der Waals surface area contributed by atoms with Crippen LogP contribution in [0.2, 0.25) is 5.15 Å². The van der Waals surface area contributed by atoms with Crippen LogP contribution in [0.4, 0.5) is 17.3 Å². The van der Waals surface area contributed by atoms with Crippen molar-refractivity contribution in [2.45, 2.75) is 0 Å². The monoisotopic (exact) mass is 334 g/mol. The van der Waals surface area contributed by atoms with E-state index in [2.05, 4.69) is 20.1 Å². The third-order valence-corrected chi connectivity index (χ3v) is 3.89. The second kappa shape index (κ2) is 6.25. The first-order valence-corrected chi connectivity index (χ1v) is 7.40. The van der Waals surface area contributed by atoms with Gasteiger partial charge in [0.15, 0.2) is 11.0 Å². The molecule has 3 N–H and O–H groups in total. The van der Waals surface area contributed by atoms with Crippen LogP contribution in [0.15, 0.2) is 24.4 Å². The average Bonchev–Trinajstić information content (AvgIpc) is 2.57. The van der Waals surface area contributed by atoms with E-state index in [1.54, 1.807) is 12.1 Å². The summed E-state index contributed by atoms with van der Waals surface area (Å²) in [5, 5.41) is 16.9. The molecule has 3 rings (SSSR count). The van der Waals surface area contributed by atoms with Crippen LogP contribution in [0.1, 0.15) is 10.4 Å². The van der Waals surface area contributed by atoms with Crippen LogP contribution < -0.4 is 15.5 Å². The van der Waals surface area contributed by atoms with E-state index < -0.39 is 5.97 Å². The quantitative estimate of drug-likeness (QED) is 0.860. The highest BCUT2D eigenvalue weighted by Crippen LogP contribution is 2.25. The number of aromatic carboxylic acids is 1. The van der Waals surface area contributed by atoms with Crippen LogP contribution >= 0.6 is 11.6 Å². The number of anilines is 3. The van der Waals surface area contributed by atoms with Gasteiger partial charge in [-0.15, -0.1) is 10.2 Å². The number of pyridine rings is 1. The third-order valence-electron chi connectivity index (χ3n) is 3.71. The lowest BCUT2D eigenvalue weighted by molar-refractivity contribution is 0.0697. The molecule has 0 amide bonds. The van der Waals surface area contributed by atoms with Gasteiger partial charge in [-0.2, -0.15) is 0 Å². The molecule has 0 aliphatic carbocycles. The van der Waals surface area contributed by atoms with Crippen molar-refractivity contribution in [1.29, 1.82) is 0 Å². The van der Waals surface area contributed by atoms with Crippen LogP contribution in [0, 0.1) is 0 Å². The summed E-state index contributed by atoms with van der Waals surface area (Å²) in [7, 11) is 0. The fourth-order valence-corrected chi connectivity index (χ4v) is 2.66. The van der Waals surface area contributed by atoms with Crippen molar-refractivity contribution in [3.63, 3.8) is 0 Å². The highest BCUT2D eigenvalue weighted by Gasteiger charge is 2.21. The molecule has 0 bridgehead atoms. The van der Waals surface area contributed by atoms with Gasteiger partial charge < -0.3 is 20.6 Å². The number of carboxylic acid groups (broad SMARTS) is 1. The Morgan fingerprint density at radius 2 is 1.87 bits per heavy atom. The second-order valence-electron chi connectivity index (χ2n) is 5.12. The highest BCUT2D eigenvalue weighted by molar-refractivity contribution is 6.29. The van der Waals surface area contributed by atoms with Gasteiger partial charge in [0.2, 0.25) is 0 Å². The van der Waals surface area contributed by atoms with Crippen LogP contribution in [0.5, 0.6) is 0 Å². The summed E-state index contributed by atoms with van der Waals surface area (Å²) in [6, 6.07) is 4.76. The molecule has 9 heteroatoms. The van der Waals surface area contributed by atoms with Crippen molar-refractivity contribution in [2.75, 3.05) is 41.7 Å². The number of carbonyl (C=O) groups is 1. The lowest BCUT2D eigenvalue weighted by Crippen LogP contribution is -2.47. The average molecular weight is 335 g/mol. The van der Waals surface area contributed by atoms with E-state index in [1.807, 2.05) is 4.90 Å². The fraction of sp³-hybridized carbons (Fsp3) is 0.286. The number of hydrogen-bond acceptors (Lipinski definition) is 7. The number of nitrogens with zero attached hydrogens (tertiary/aromatic N) is 5. The Balaban J connectivity index is 1.72. The highest BCUT2D eigenvalue weighted by atomic mass is 35.5. The normalized spacial score (nSPS) is 14.8. The van der Waals surface area contributed by atoms with E-state index in [0.717, 1.165) is 5.69 Å². The number of aromatic nitrogens is 3. The van der Waals surface area contributed by atoms with Gasteiger partial charge >= 0.3 is 5.97 Å².